The number of rotatable bonds is 2. The molecule has 0 bridgehead atoms. The third-order valence-corrected chi connectivity index (χ3v) is 2.18. The Morgan fingerprint density at radius 2 is 1.86 bits per heavy atom. The third-order valence-electron chi connectivity index (χ3n) is 2.18. The zero-order valence-electron chi connectivity index (χ0n) is 7.70. The molecule has 0 fully saturated rings. The zero-order valence-corrected chi connectivity index (χ0v) is 7.70. The molecule has 0 amide bonds. The summed E-state index contributed by atoms with van der Waals surface area (Å²) in [5.74, 6) is 0. The SMILES string of the molecule is FCc1c[c]ccc1-c1ccccc1. The van der Waals surface area contributed by atoms with Gasteiger partial charge in [-0.05, 0) is 28.8 Å². The molecule has 0 nitrogen and oxygen atoms in total. The molecule has 2 aromatic rings. The van der Waals surface area contributed by atoms with E-state index in [9.17, 15) is 4.39 Å². The number of halogens is 1. The summed E-state index contributed by atoms with van der Waals surface area (Å²) in [6.07, 6.45) is 0. The maximum atomic E-state index is 12.7. The highest BCUT2D eigenvalue weighted by Crippen LogP contribution is 2.23. The normalized spacial score (nSPS) is 10.1. The van der Waals surface area contributed by atoms with E-state index in [-0.39, 0.29) is 0 Å². The topological polar surface area (TPSA) is 0 Å². The second-order valence-corrected chi connectivity index (χ2v) is 3.08. The highest BCUT2D eigenvalue weighted by molar-refractivity contribution is 5.66. The first-order valence-corrected chi connectivity index (χ1v) is 4.52. The molecule has 0 saturated heterocycles. The fraction of sp³-hybridized carbons (Fsp3) is 0.0769. The summed E-state index contributed by atoms with van der Waals surface area (Å²) < 4.78 is 12.7. The second kappa shape index (κ2) is 4.05. The Morgan fingerprint density at radius 3 is 2.57 bits per heavy atom. The molecule has 0 aliphatic heterocycles. The molecule has 0 heterocycles. The predicted octanol–water partition coefficient (Wildman–Crippen LogP) is 3.62. The molecule has 0 aliphatic carbocycles. The largest absolute Gasteiger partial charge is 0.246 e. The number of hydrogen-bond acceptors (Lipinski definition) is 0. The van der Waals surface area contributed by atoms with E-state index >= 15 is 0 Å². The minimum Gasteiger partial charge on any atom is -0.246 e. The maximum Gasteiger partial charge on any atom is 0.115 e. The molecule has 0 aromatic heterocycles. The summed E-state index contributed by atoms with van der Waals surface area (Å²) >= 11 is 0. The predicted molar refractivity (Wildman–Crippen MR) is 55.5 cm³/mol. The van der Waals surface area contributed by atoms with Gasteiger partial charge in [0.2, 0.25) is 0 Å². The molecule has 0 spiro atoms. The van der Waals surface area contributed by atoms with Crippen LogP contribution < -0.4 is 0 Å². The van der Waals surface area contributed by atoms with E-state index in [1.165, 1.54) is 0 Å². The van der Waals surface area contributed by atoms with Crippen molar-refractivity contribution in [1.82, 2.24) is 0 Å². The highest BCUT2D eigenvalue weighted by atomic mass is 19.1. The summed E-state index contributed by atoms with van der Waals surface area (Å²) in [6, 6.07) is 18.1. The molecular formula is C13H10F. The van der Waals surface area contributed by atoms with Gasteiger partial charge in [-0.3, -0.25) is 0 Å². The van der Waals surface area contributed by atoms with Crippen LogP contribution in [0.1, 0.15) is 5.56 Å². The van der Waals surface area contributed by atoms with Crippen LogP contribution in [0.4, 0.5) is 4.39 Å². The van der Waals surface area contributed by atoms with E-state index in [1.807, 2.05) is 42.5 Å². The van der Waals surface area contributed by atoms with Crippen LogP contribution in [0.25, 0.3) is 11.1 Å². The minimum absolute atomic E-state index is 0.443. The number of benzene rings is 2. The van der Waals surface area contributed by atoms with Crippen molar-refractivity contribution in [3.8, 4) is 11.1 Å². The molecule has 0 unspecified atom stereocenters. The van der Waals surface area contributed by atoms with E-state index < -0.39 is 6.67 Å². The molecule has 0 N–H and O–H groups in total. The van der Waals surface area contributed by atoms with Crippen LogP contribution in [0.5, 0.6) is 0 Å². The summed E-state index contributed by atoms with van der Waals surface area (Å²) in [7, 11) is 0. The average Bonchev–Trinajstić information content (AvgIpc) is 2.30. The van der Waals surface area contributed by atoms with E-state index in [1.54, 1.807) is 6.07 Å². The summed E-state index contributed by atoms with van der Waals surface area (Å²) in [4.78, 5) is 0. The van der Waals surface area contributed by atoms with Crippen LogP contribution in [-0.2, 0) is 6.67 Å². The smallest absolute Gasteiger partial charge is 0.115 e. The van der Waals surface area contributed by atoms with E-state index in [2.05, 4.69) is 6.07 Å². The van der Waals surface area contributed by atoms with Crippen molar-refractivity contribution in [3.05, 3.63) is 60.2 Å². The van der Waals surface area contributed by atoms with Crippen molar-refractivity contribution >= 4 is 0 Å². The van der Waals surface area contributed by atoms with Gasteiger partial charge < -0.3 is 0 Å². The van der Waals surface area contributed by atoms with E-state index in [0.29, 0.717) is 5.56 Å². The fourth-order valence-corrected chi connectivity index (χ4v) is 1.47. The van der Waals surface area contributed by atoms with Gasteiger partial charge in [0.05, 0.1) is 0 Å². The Hall–Kier alpha value is -1.63. The lowest BCUT2D eigenvalue weighted by molar-refractivity contribution is 0.486. The molecule has 2 rings (SSSR count). The third kappa shape index (κ3) is 1.67. The number of hydrogen-bond donors (Lipinski definition) is 0. The molecule has 2 aromatic carbocycles. The number of alkyl halides is 1. The molecular weight excluding hydrogens is 175 g/mol. The lowest BCUT2D eigenvalue weighted by atomic mass is 10.0. The lowest BCUT2D eigenvalue weighted by Crippen LogP contribution is -1.85. The van der Waals surface area contributed by atoms with Gasteiger partial charge in [0, 0.05) is 0 Å². The zero-order chi connectivity index (χ0) is 9.80. The van der Waals surface area contributed by atoms with Crippen LogP contribution in [0.15, 0.2) is 48.5 Å². The van der Waals surface area contributed by atoms with E-state index in [0.717, 1.165) is 11.1 Å². The average molecular weight is 185 g/mol. The van der Waals surface area contributed by atoms with Gasteiger partial charge in [-0.2, -0.15) is 0 Å². The first-order valence-electron chi connectivity index (χ1n) is 4.52. The Bertz CT molecular complexity index is 407. The van der Waals surface area contributed by atoms with Crippen molar-refractivity contribution in [3.63, 3.8) is 0 Å². The Kier molecular flexibility index (Phi) is 2.59. The van der Waals surface area contributed by atoms with Gasteiger partial charge in [-0.15, -0.1) is 0 Å². The quantitative estimate of drug-likeness (QED) is 0.670. The first-order chi connectivity index (χ1) is 6.92. The monoisotopic (exact) mass is 185 g/mol. The van der Waals surface area contributed by atoms with Crippen LogP contribution in [-0.4, -0.2) is 0 Å². The fourth-order valence-electron chi connectivity index (χ4n) is 1.47. The summed E-state index contributed by atoms with van der Waals surface area (Å²) in [6.45, 7) is -0.443. The van der Waals surface area contributed by atoms with Crippen molar-refractivity contribution in [1.29, 1.82) is 0 Å². The minimum atomic E-state index is -0.443. The molecule has 69 valence electrons. The highest BCUT2D eigenvalue weighted by Gasteiger charge is 2.02. The summed E-state index contributed by atoms with van der Waals surface area (Å²) in [5, 5.41) is 0. The Morgan fingerprint density at radius 1 is 1.07 bits per heavy atom. The maximum absolute atomic E-state index is 12.7. The molecule has 14 heavy (non-hydrogen) atoms. The van der Waals surface area contributed by atoms with Gasteiger partial charge in [0.1, 0.15) is 6.67 Å². The summed E-state index contributed by atoms with van der Waals surface area (Å²) in [5.41, 5.74) is 2.69. The van der Waals surface area contributed by atoms with Gasteiger partial charge >= 0.3 is 0 Å². The van der Waals surface area contributed by atoms with Crippen LogP contribution >= 0.6 is 0 Å². The first kappa shape index (κ1) is 8.95. The molecule has 0 atom stereocenters. The van der Waals surface area contributed by atoms with Crippen LogP contribution in [0, 0.1) is 6.07 Å². The van der Waals surface area contributed by atoms with Crippen molar-refractivity contribution in [2.24, 2.45) is 0 Å². The van der Waals surface area contributed by atoms with Crippen molar-refractivity contribution in [2.75, 3.05) is 0 Å². The van der Waals surface area contributed by atoms with Gasteiger partial charge in [0.15, 0.2) is 0 Å². The second-order valence-electron chi connectivity index (χ2n) is 3.08. The lowest BCUT2D eigenvalue weighted by Gasteiger charge is -2.05. The van der Waals surface area contributed by atoms with Gasteiger partial charge in [-0.1, -0.05) is 42.5 Å². The Labute approximate surface area is 83.0 Å². The van der Waals surface area contributed by atoms with Gasteiger partial charge in [0.25, 0.3) is 0 Å². The van der Waals surface area contributed by atoms with Crippen LogP contribution in [0.2, 0.25) is 0 Å². The molecule has 1 radical (unpaired) electrons. The van der Waals surface area contributed by atoms with Crippen molar-refractivity contribution in [2.45, 2.75) is 6.67 Å². The van der Waals surface area contributed by atoms with Gasteiger partial charge in [-0.25, -0.2) is 4.39 Å². The molecule has 0 saturated carbocycles. The molecule has 1 heteroatoms. The standard InChI is InChI=1S/C13H10F/c14-10-12-8-4-5-9-13(12)11-6-2-1-3-7-11/h1-3,5-9H,10H2. The molecule has 0 aliphatic rings. The Balaban J connectivity index is 2.51. The van der Waals surface area contributed by atoms with Crippen LogP contribution in [0.3, 0.4) is 0 Å². The van der Waals surface area contributed by atoms with Crippen molar-refractivity contribution < 1.29 is 4.39 Å². The van der Waals surface area contributed by atoms with E-state index in [4.69, 9.17) is 0 Å².